The van der Waals surface area contributed by atoms with E-state index in [0.29, 0.717) is 24.3 Å². The van der Waals surface area contributed by atoms with Crippen LogP contribution < -0.4 is 20.7 Å². The number of ether oxygens (including phenoxy) is 1. The molecule has 0 radical (unpaired) electrons. The molecule has 3 aromatic rings. The standard InChI is InChI=1S/C26H32N4O3S/c1-4-30(5-2)24(19-9-7-12-22(16-19)33-3)18-28-26(32)29-21-11-6-10-20(15-21)25(31)27-17-23-13-8-14-34-23/h6-16,24H,4-5,17-18H2,1-3H3,(H,27,31)(H2,28,29,32). The van der Waals surface area contributed by atoms with Gasteiger partial charge in [-0.2, -0.15) is 0 Å². The second-order valence-electron chi connectivity index (χ2n) is 7.69. The number of hydrogen-bond donors (Lipinski definition) is 3. The molecule has 1 unspecified atom stereocenters. The lowest BCUT2D eigenvalue weighted by Gasteiger charge is -2.30. The van der Waals surface area contributed by atoms with E-state index in [1.807, 2.05) is 41.8 Å². The summed E-state index contributed by atoms with van der Waals surface area (Å²) in [4.78, 5) is 28.5. The van der Waals surface area contributed by atoms with Gasteiger partial charge in [0.25, 0.3) is 5.91 Å². The fraction of sp³-hybridized carbons (Fsp3) is 0.308. The highest BCUT2D eigenvalue weighted by molar-refractivity contribution is 7.09. The molecule has 0 aliphatic carbocycles. The van der Waals surface area contributed by atoms with E-state index >= 15 is 0 Å². The van der Waals surface area contributed by atoms with Crippen molar-refractivity contribution in [2.45, 2.75) is 26.4 Å². The maximum atomic E-state index is 12.7. The first-order chi connectivity index (χ1) is 16.5. The number of nitrogens with zero attached hydrogens (tertiary/aromatic N) is 1. The summed E-state index contributed by atoms with van der Waals surface area (Å²) in [6, 6.07) is 18.4. The van der Waals surface area contributed by atoms with Gasteiger partial charge in [-0.15, -0.1) is 11.3 Å². The number of urea groups is 1. The van der Waals surface area contributed by atoms with Gasteiger partial charge in [0.1, 0.15) is 5.75 Å². The van der Waals surface area contributed by atoms with Crippen molar-refractivity contribution in [3.8, 4) is 5.75 Å². The normalized spacial score (nSPS) is 11.6. The maximum absolute atomic E-state index is 12.7. The molecule has 180 valence electrons. The molecule has 1 heterocycles. The van der Waals surface area contributed by atoms with Crippen LogP contribution in [0.2, 0.25) is 0 Å². The number of thiophene rings is 1. The average molecular weight is 481 g/mol. The highest BCUT2D eigenvalue weighted by Crippen LogP contribution is 2.24. The molecule has 0 fully saturated rings. The zero-order valence-electron chi connectivity index (χ0n) is 19.8. The summed E-state index contributed by atoms with van der Waals surface area (Å²) in [7, 11) is 1.65. The molecule has 1 atom stereocenters. The van der Waals surface area contributed by atoms with Gasteiger partial charge in [-0.3, -0.25) is 9.69 Å². The van der Waals surface area contributed by atoms with Crippen LogP contribution in [0.15, 0.2) is 66.0 Å². The molecule has 3 rings (SSSR count). The first-order valence-corrected chi connectivity index (χ1v) is 12.3. The van der Waals surface area contributed by atoms with Gasteiger partial charge < -0.3 is 20.7 Å². The highest BCUT2D eigenvalue weighted by Gasteiger charge is 2.19. The van der Waals surface area contributed by atoms with Gasteiger partial charge in [0, 0.05) is 22.7 Å². The van der Waals surface area contributed by atoms with Crippen LogP contribution in [-0.4, -0.2) is 43.6 Å². The molecule has 3 N–H and O–H groups in total. The summed E-state index contributed by atoms with van der Waals surface area (Å²) >= 11 is 1.59. The van der Waals surface area contributed by atoms with E-state index in [2.05, 4.69) is 34.7 Å². The number of carbonyl (C=O) groups is 2. The molecular weight excluding hydrogens is 448 g/mol. The van der Waals surface area contributed by atoms with Crippen LogP contribution in [0.5, 0.6) is 5.75 Å². The lowest BCUT2D eigenvalue weighted by atomic mass is 10.0. The predicted molar refractivity (Wildman–Crippen MR) is 138 cm³/mol. The topological polar surface area (TPSA) is 82.7 Å². The molecule has 1 aromatic heterocycles. The van der Waals surface area contributed by atoms with Crippen molar-refractivity contribution in [2.75, 3.05) is 32.1 Å². The molecule has 0 bridgehead atoms. The number of methoxy groups -OCH3 is 1. The fourth-order valence-electron chi connectivity index (χ4n) is 3.76. The second kappa shape index (κ2) is 12.8. The quantitative estimate of drug-likeness (QED) is 0.365. The Bertz CT molecular complexity index is 1070. The first-order valence-electron chi connectivity index (χ1n) is 11.4. The number of nitrogens with one attached hydrogen (secondary N) is 3. The van der Waals surface area contributed by atoms with Crippen LogP contribution in [-0.2, 0) is 6.54 Å². The van der Waals surface area contributed by atoms with Gasteiger partial charge in [-0.05, 0) is 60.4 Å². The van der Waals surface area contributed by atoms with E-state index in [-0.39, 0.29) is 18.0 Å². The molecule has 7 nitrogen and oxygen atoms in total. The van der Waals surface area contributed by atoms with Gasteiger partial charge in [0.2, 0.25) is 0 Å². The Labute approximate surface area is 205 Å². The molecule has 0 saturated carbocycles. The van der Waals surface area contributed by atoms with Crippen LogP contribution in [0, 0.1) is 0 Å². The van der Waals surface area contributed by atoms with Crippen LogP contribution in [0.25, 0.3) is 0 Å². The summed E-state index contributed by atoms with van der Waals surface area (Å²) in [5.74, 6) is 0.602. The Balaban J connectivity index is 1.61. The number of rotatable bonds is 11. The summed E-state index contributed by atoms with van der Waals surface area (Å²) in [5, 5.41) is 10.7. The van der Waals surface area contributed by atoms with E-state index in [0.717, 1.165) is 29.3 Å². The van der Waals surface area contributed by atoms with Crippen molar-refractivity contribution in [1.82, 2.24) is 15.5 Å². The number of likely N-dealkylation sites (N-methyl/N-ethyl adjacent to an activating group) is 1. The van der Waals surface area contributed by atoms with Gasteiger partial charge in [-0.25, -0.2) is 4.79 Å². The summed E-state index contributed by atoms with van der Waals surface area (Å²) in [6.07, 6.45) is 0. The molecule has 2 aromatic carbocycles. The molecule has 0 saturated heterocycles. The van der Waals surface area contributed by atoms with Crippen LogP contribution in [0.1, 0.15) is 40.7 Å². The minimum atomic E-state index is -0.323. The van der Waals surface area contributed by atoms with E-state index in [9.17, 15) is 9.59 Å². The number of carbonyl (C=O) groups excluding carboxylic acids is 2. The lowest BCUT2D eigenvalue weighted by Crippen LogP contribution is -2.39. The monoisotopic (exact) mass is 480 g/mol. The third-order valence-corrected chi connectivity index (χ3v) is 6.45. The number of benzene rings is 2. The van der Waals surface area contributed by atoms with Crippen LogP contribution in [0.3, 0.4) is 0 Å². The van der Waals surface area contributed by atoms with Crippen molar-refractivity contribution < 1.29 is 14.3 Å². The van der Waals surface area contributed by atoms with E-state index in [1.165, 1.54) is 0 Å². The Morgan fingerprint density at radius 2 is 1.79 bits per heavy atom. The van der Waals surface area contributed by atoms with E-state index < -0.39 is 0 Å². The van der Waals surface area contributed by atoms with Gasteiger partial charge in [-0.1, -0.05) is 38.1 Å². The summed E-state index contributed by atoms with van der Waals surface area (Å²) in [6.45, 7) is 6.82. The zero-order chi connectivity index (χ0) is 24.3. The molecule has 0 aliphatic rings. The van der Waals surface area contributed by atoms with E-state index in [4.69, 9.17) is 4.74 Å². The zero-order valence-corrected chi connectivity index (χ0v) is 20.7. The molecule has 0 aliphatic heterocycles. The Morgan fingerprint density at radius 3 is 2.50 bits per heavy atom. The SMILES string of the molecule is CCN(CC)C(CNC(=O)Nc1cccc(C(=O)NCc2cccs2)c1)c1cccc(OC)c1. The highest BCUT2D eigenvalue weighted by atomic mass is 32.1. The number of hydrogen-bond acceptors (Lipinski definition) is 5. The Kier molecular flexibility index (Phi) is 9.49. The van der Waals surface area contributed by atoms with Gasteiger partial charge in [0.05, 0.1) is 19.7 Å². The lowest BCUT2D eigenvalue weighted by molar-refractivity contribution is 0.0951. The third kappa shape index (κ3) is 7.07. The number of anilines is 1. The minimum absolute atomic E-state index is 0.00483. The minimum Gasteiger partial charge on any atom is -0.497 e. The molecule has 8 heteroatoms. The summed E-state index contributed by atoms with van der Waals surface area (Å²) in [5.41, 5.74) is 2.13. The van der Waals surface area contributed by atoms with Crippen molar-refractivity contribution in [1.29, 1.82) is 0 Å². The second-order valence-corrected chi connectivity index (χ2v) is 8.72. The third-order valence-electron chi connectivity index (χ3n) is 5.57. The molecule has 34 heavy (non-hydrogen) atoms. The largest absolute Gasteiger partial charge is 0.497 e. The average Bonchev–Trinajstić information content (AvgIpc) is 3.39. The molecule has 3 amide bonds. The predicted octanol–water partition coefficient (Wildman–Crippen LogP) is 4.89. The van der Waals surface area contributed by atoms with Gasteiger partial charge >= 0.3 is 6.03 Å². The Morgan fingerprint density at radius 1 is 1.00 bits per heavy atom. The Hall–Kier alpha value is -3.36. The smallest absolute Gasteiger partial charge is 0.319 e. The van der Waals surface area contributed by atoms with Crippen molar-refractivity contribution in [3.63, 3.8) is 0 Å². The van der Waals surface area contributed by atoms with Crippen molar-refractivity contribution in [3.05, 3.63) is 82.0 Å². The summed E-state index contributed by atoms with van der Waals surface area (Å²) < 4.78 is 5.38. The van der Waals surface area contributed by atoms with Crippen molar-refractivity contribution in [2.24, 2.45) is 0 Å². The molecular formula is C26H32N4O3S. The van der Waals surface area contributed by atoms with Crippen LogP contribution in [0.4, 0.5) is 10.5 Å². The van der Waals surface area contributed by atoms with Gasteiger partial charge in [0.15, 0.2) is 0 Å². The van der Waals surface area contributed by atoms with Crippen LogP contribution >= 0.6 is 11.3 Å². The van der Waals surface area contributed by atoms with Crippen molar-refractivity contribution >= 4 is 29.0 Å². The number of amides is 3. The fourth-order valence-corrected chi connectivity index (χ4v) is 4.40. The van der Waals surface area contributed by atoms with E-state index in [1.54, 1.807) is 42.7 Å². The maximum Gasteiger partial charge on any atom is 0.319 e. The molecule has 0 spiro atoms. The first kappa shape index (κ1) is 25.3.